The Morgan fingerprint density at radius 1 is 0.944 bits per heavy atom. The standard InChI is InChI=1S/C27H24N6O3/c28-16-19-1-3-20(4-2-19)31-27(34)32-21-5-7-23(8-6-21)36-24-9-10-25-26(15-24)30-22(17-29-25)18-33-11-13-35-14-12-33/h1-10,15,17H,11-14,18H2,(H2,31,32,34). The van der Waals surface area contributed by atoms with Gasteiger partial charge in [-0.2, -0.15) is 5.26 Å². The Kier molecular flexibility index (Phi) is 6.98. The van der Waals surface area contributed by atoms with Crippen molar-refractivity contribution in [2.75, 3.05) is 36.9 Å². The molecule has 0 spiro atoms. The van der Waals surface area contributed by atoms with Crippen molar-refractivity contribution in [3.63, 3.8) is 0 Å². The molecule has 1 aliphatic heterocycles. The maximum absolute atomic E-state index is 12.2. The second-order valence-corrected chi connectivity index (χ2v) is 8.30. The number of nitrogens with zero attached hydrogens (tertiary/aromatic N) is 4. The lowest BCUT2D eigenvalue weighted by molar-refractivity contribution is 0.0336. The Labute approximate surface area is 208 Å². The summed E-state index contributed by atoms with van der Waals surface area (Å²) in [6, 6.07) is 21.0. The van der Waals surface area contributed by atoms with E-state index in [9.17, 15) is 4.79 Å². The highest BCUT2D eigenvalue weighted by Gasteiger charge is 2.12. The van der Waals surface area contributed by atoms with Crippen LogP contribution in [0.2, 0.25) is 0 Å². The van der Waals surface area contributed by atoms with Crippen LogP contribution in [-0.2, 0) is 11.3 Å². The molecule has 9 nitrogen and oxygen atoms in total. The van der Waals surface area contributed by atoms with Crippen LogP contribution in [0.1, 0.15) is 11.3 Å². The van der Waals surface area contributed by atoms with E-state index in [0.29, 0.717) is 28.4 Å². The highest BCUT2D eigenvalue weighted by atomic mass is 16.5. The maximum atomic E-state index is 12.2. The monoisotopic (exact) mass is 480 g/mol. The van der Waals surface area contributed by atoms with Crippen LogP contribution in [0.25, 0.3) is 11.0 Å². The highest BCUT2D eigenvalue weighted by Crippen LogP contribution is 2.26. The van der Waals surface area contributed by atoms with Gasteiger partial charge in [0.15, 0.2) is 0 Å². The van der Waals surface area contributed by atoms with E-state index < -0.39 is 0 Å². The minimum absolute atomic E-state index is 0.380. The van der Waals surface area contributed by atoms with E-state index in [0.717, 1.165) is 49.6 Å². The van der Waals surface area contributed by atoms with Crippen molar-refractivity contribution in [3.8, 4) is 17.6 Å². The number of aromatic nitrogens is 2. The molecule has 180 valence electrons. The molecule has 4 aromatic rings. The molecule has 0 aliphatic carbocycles. The number of carbonyl (C=O) groups excluding carboxylic acids is 1. The Hall–Kier alpha value is -4.52. The Bertz CT molecular complexity index is 1390. The normalized spacial score (nSPS) is 13.6. The van der Waals surface area contributed by atoms with E-state index in [1.54, 1.807) is 48.5 Å². The van der Waals surface area contributed by atoms with E-state index in [-0.39, 0.29) is 6.03 Å². The van der Waals surface area contributed by atoms with Crippen molar-refractivity contribution in [1.29, 1.82) is 5.26 Å². The molecule has 0 atom stereocenters. The number of hydrogen-bond acceptors (Lipinski definition) is 7. The van der Waals surface area contributed by atoms with Crippen molar-refractivity contribution < 1.29 is 14.3 Å². The maximum Gasteiger partial charge on any atom is 0.323 e. The topological polar surface area (TPSA) is 112 Å². The molecular weight excluding hydrogens is 456 g/mol. The summed E-state index contributed by atoms with van der Waals surface area (Å²) in [7, 11) is 0. The third-order valence-corrected chi connectivity index (χ3v) is 5.67. The van der Waals surface area contributed by atoms with Gasteiger partial charge >= 0.3 is 6.03 Å². The fraction of sp³-hybridized carbons (Fsp3) is 0.185. The van der Waals surface area contributed by atoms with Crippen molar-refractivity contribution in [2.24, 2.45) is 0 Å². The van der Waals surface area contributed by atoms with Crippen molar-refractivity contribution in [3.05, 3.63) is 84.2 Å². The van der Waals surface area contributed by atoms with Crippen molar-refractivity contribution in [1.82, 2.24) is 14.9 Å². The molecular formula is C27H24N6O3. The van der Waals surface area contributed by atoms with Crippen LogP contribution < -0.4 is 15.4 Å². The summed E-state index contributed by atoms with van der Waals surface area (Å²) in [4.78, 5) is 23.9. The average Bonchev–Trinajstić information content (AvgIpc) is 2.91. The average molecular weight is 481 g/mol. The minimum Gasteiger partial charge on any atom is -0.457 e. The lowest BCUT2D eigenvalue weighted by atomic mass is 10.2. The number of nitrogens with one attached hydrogen (secondary N) is 2. The van der Waals surface area contributed by atoms with Gasteiger partial charge in [-0.3, -0.25) is 9.88 Å². The van der Waals surface area contributed by atoms with Gasteiger partial charge in [0.25, 0.3) is 0 Å². The van der Waals surface area contributed by atoms with Gasteiger partial charge in [-0.05, 0) is 60.7 Å². The van der Waals surface area contributed by atoms with Gasteiger partial charge in [-0.1, -0.05) is 0 Å². The van der Waals surface area contributed by atoms with E-state index in [1.165, 1.54) is 0 Å². The summed E-state index contributed by atoms with van der Waals surface area (Å²) in [6.45, 7) is 4.02. The molecule has 2 amide bonds. The molecule has 1 fully saturated rings. The van der Waals surface area contributed by atoms with Crippen LogP contribution in [0.5, 0.6) is 11.5 Å². The van der Waals surface area contributed by atoms with Crippen molar-refractivity contribution in [2.45, 2.75) is 6.54 Å². The van der Waals surface area contributed by atoms with Crippen LogP contribution in [0, 0.1) is 11.3 Å². The molecule has 1 aliphatic rings. The predicted molar refractivity (Wildman–Crippen MR) is 136 cm³/mol. The molecule has 1 aromatic heterocycles. The van der Waals surface area contributed by atoms with Gasteiger partial charge in [0.1, 0.15) is 11.5 Å². The number of rotatable bonds is 6. The van der Waals surface area contributed by atoms with Gasteiger partial charge in [0.05, 0.1) is 47.8 Å². The largest absolute Gasteiger partial charge is 0.457 e. The zero-order valence-electron chi connectivity index (χ0n) is 19.5. The molecule has 1 saturated heterocycles. The minimum atomic E-state index is -0.380. The summed E-state index contributed by atoms with van der Waals surface area (Å²) in [5, 5.41) is 14.4. The molecule has 2 heterocycles. The fourth-order valence-electron chi connectivity index (χ4n) is 3.82. The van der Waals surface area contributed by atoms with E-state index in [4.69, 9.17) is 19.7 Å². The first-order valence-corrected chi connectivity index (χ1v) is 11.6. The summed E-state index contributed by atoms with van der Waals surface area (Å²) in [6.07, 6.45) is 1.82. The summed E-state index contributed by atoms with van der Waals surface area (Å²) in [5.74, 6) is 1.28. The third-order valence-electron chi connectivity index (χ3n) is 5.67. The highest BCUT2D eigenvalue weighted by molar-refractivity contribution is 5.99. The number of morpholine rings is 1. The van der Waals surface area contributed by atoms with E-state index in [2.05, 4.69) is 20.5 Å². The molecule has 0 saturated carbocycles. The molecule has 2 N–H and O–H groups in total. The summed E-state index contributed by atoms with van der Waals surface area (Å²) >= 11 is 0. The molecule has 5 rings (SSSR count). The quantitative estimate of drug-likeness (QED) is 0.409. The molecule has 36 heavy (non-hydrogen) atoms. The number of anilines is 2. The second-order valence-electron chi connectivity index (χ2n) is 8.30. The fourth-order valence-corrected chi connectivity index (χ4v) is 3.82. The lowest BCUT2D eigenvalue weighted by Gasteiger charge is -2.26. The van der Waals surface area contributed by atoms with Crippen LogP contribution in [0.4, 0.5) is 16.2 Å². The second kappa shape index (κ2) is 10.8. The number of nitriles is 1. The number of amides is 2. The first kappa shape index (κ1) is 23.2. The number of carbonyl (C=O) groups is 1. The molecule has 0 radical (unpaired) electrons. The molecule has 3 aromatic carbocycles. The smallest absolute Gasteiger partial charge is 0.323 e. The lowest BCUT2D eigenvalue weighted by Crippen LogP contribution is -2.35. The number of urea groups is 1. The van der Waals surface area contributed by atoms with Gasteiger partial charge < -0.3 is 20.1 Å². The Balaban J connectivity index is 1.20. The molecule has 9 heteroatoms. The first-order valence-electron chi connectivity index (χ1n) is 11.6. The predicted octanol–water partition coefficient (Wildman–Crippen LogP) is 4.77. The van der Waals surface area contributed by atoms with Crippen LogP contribution in [0.3, 0.4) is 0 Å². The first-order chi connectivity index (χ1) is 17.6. The van der Waals surface area contributed by atoms with Gasteiger partial charge in [0.2, 0.25) is 0 Å². The van der Waals surface area contributed by atoms with E-state index in [1.807, 2.05) is 30.5 Å². The van der Waals surface area contributed by atoms with Gasteiger partial charge in [0, 0.05) is 37.1 Å². The zero-order valence-corrected chi connectivity index (χ0v) is 19.5. The summed E-state index contributed by atoms with van der Waals surface area (Å²) < 4.78 is 11.4. The zero-order chi connectivity index (χ0) is 24.7. The third kappa shape index (κ3) is 5.93. The Morgan fingerprint density at radius 2 is 1.61 bits per heavy atom. The van der Waals surface area contributed by atoms with Crippen LogP contribution in [-0.4, -0.2) is 47.2 Å². The van der Waals surface area contributed by atoms with Gasteiger partial charge in [-0.15, -0.1) is 0 Å². The SMILES string of the molecule is N#Cc1ccc(NC(=O)Nc2ccc(Oc3ccc4ncc(CN5CCOCC5)nc4c3)cc2)cc1. The van der Waals surface area contributed by atoms with Crippen molar-refractivity contribution >= 4 is 28.4 Å². The Morgan fingerprint density at radius 3 is 2.31 bits per heavy atom. The van der Waals surface area contributed by atoms with Gasteiger partial charge in [-0.25, -0.2) is 9.78 Å². The number of fused-ring (bicyclic) bond motifs is 1. The van der Waals surface area contributed by atoms with Crippen LogP contribution >= 0.6 is 0 Å². The number of ether oxygens (including phenoxy) is 2. The number of hydrogen-bond donors (Lipinski definition) is 2. The van der Waals surface area contributed by atoms with E-state index >= 15 is 0 Å². The number of benzene rings is 3. The molecule has 0 bridgehead atoms. The summed E-state index contributed by atoms with van der Waals surface area (Å²) in [5.41, 5.74) is 4.24. The molecule has 0 unspecified atom stereocenters. The van der Waals surface area contributed by atoms with Crippen LogP contribution in [0.15, 0.2) is 72.9 Å².